The number of ketones is 1. The zero-order valence-electron chi connectivity index (χ0n) is 21.3. The van der Waals surface area contributed by atoms with Gasteiger partial charge in [-0.15, -0.1) is 0 Å². The lowest BCUT2D eigenvalue weighted by molar-refractivity contribution is -0.132. The number of carbonyl (C=O) groups is 2. The second-order valence-electron chi connectivity index (χ2n) is 10.1. The Kier molecular flexibility index (Phi) is 6.07. The fourth-order valence-electron chi connectivity index (χ4n) is 4.55. The highest BCUT2D eigenvalue weighted by atomic mass is 32.1. The summed E-state index contributed by atoms with van der Waals surface area (Å²) in [6.45, 7) is 8.26. The van der Waals surface area contributed by atoms with Gasteiger partial charge < -0.3 is 9.84 Å². The molecule has 1 saturated heterocycles. The number of anilines is 1. The number of rotatable bonds is 4. The van der Waals surface area contributed by atoms with E-state index in [0.29, 0.717) is 22.0 Å². The molecule has 3 heterocycles. The quantitative estimate of drug-likeness (QED) is 0.207. The molecule has 7 nitrogen and oxygen atoms in total. The van der Waals surface area contributed by atoms with Crippen molar-refractivity contribution in [3.8, 4) is 5.75 Å². The third-order valence-corrected chi connectivity index (χ3v) is 7.58. The van der Waals surface area contributed by atoms with Gasteiger partial charge in [0.15, 0.2) is 5.13 Å². The molecule has 1 N–H and O–H groups in total. The van der Waals surface area contributed by atoms with Crippen molar-refractivity contribution >= 4 is 44.1 Å². The first-order valence-corrected chi connectivity index (χ1v) is 12.7. The van der Waals surface area contributed by atoms with Gasteiger partial charge in [-0.2, -0.15) is 0 Å². The molecule has 1 unspecified atom stereocenters. The van der Waals surface area contributed by atoms with Crippen molar-refractivity contribution in [2.75, 3.05) is 12.0 Å². The molecular weight excluding hydrogens is 486 g/mol. The standard InChI is InChI=1S/C29H27N3O4S/c1-16-13-17(8-11-21(16)36-5)25(33)23-24(18-7-6-12-30-15-18)32(27(35)26(23)34)28-31-20-10-9-19(29(2,3)4)14-22(20)37-28/h6-15,24,33H,1-5H3/b25-23+. The second-order valence-corrected chi connectivity index (χ2v) is 11.1. The number of aliphatic hydroxyl groups excluding tert-OH is 1. The first-order chi connectivity index (χ1) is 17.6. The van der Waals surface area contributed by atoms with E-state index >= 15 is 0 Å². The smallest absolute Gasteiger partial charge is 0.301 e. The molecule has 1 aliphatic heterocycles. The number of benzene rings is 2. The largest absolute Gasteiger partial charge is 0.507 e. The summed E-state index contributed by atoms with van der Waals surface area (Å²) >= 11 is 1.35. The average molecular weight is 514 g/mol. The monoisotopic (exact) mass is 513 g/mol. The number of hydrogen-bond donors (Lipinski definition) is 1. The Bertz CT molecular complexity index is 1570. The number of hydrogen-bond acceptors (Lipinski definition) is 7. The van der Waals surface area contributed by atoms with Crippen LogP contribution in [-0.2, 0) is 15.0 Å². The zero-order valence-corrected chi connectivity index (χ0v) is 22.1. The van der Waals surface area contributed by atoms with Gasteiger partial charge in [-0.3, -0.25) is 19.5 Å². The molecular formula is C29H27N3O4S. The maximum Gasteiger partial charge on any atom is 0.301 e. The molecule has 1 aliphatic rings. The van der Waals surface area contributed by atoms with E-state index in [1.807, 2.05) is 19.1 Å². The average Bonchev–Trinajstić information content (AvgIpc) is 3.41. The molecule has 0 aliphatic carbocycles. The molecule has 0 bridgehead atoms. The van der Waals surface area contributed by atoms with Crippen molar-refractivity contribution in [1.82, 2.24) is 9.97 Å². The molecule has 4 aromatic rings. The lowest BCUT2D eigenvalue weighted by atomic mass is 9.87. The van der Waals surface area contributed by atoms with Gasteiger partial charge >= 0.3 is 5.91 Å². The molecule has 37 heavy (non-hydrogen) atoms. The maximum atomic E-state index is 13.5. The summed E-state index contributed by atoms with van der Waals surface area (Å²) < 4.78 is 6.24. The number of thiazole rings is 1. The molecule has 1 fully saturated rings. The van der Waals surface area contributed by atoms with Crippen LogP contribution in [0.1, 0.15) is 49.1 Å². The van der Waals surface area contributed by atoms with Gasteiger partial charge in [0.2, 0.25) is 0 Å². The van der Waals surface area contributed by atoms with Crippen molar-refractivity contribution in [3.05, 3.63) is 88.8 Å². The van der Waals surface area contributed by atoms with Gasteiger partial charge in [0.05, 0.1) is 28.9 Å². The molecule has 8 heteroatoms. The van der Waals surface area contributed by atoms with Crippen LogP contribution >= 0.6 is 11.3 Å². The van der Waals surface area contributed by atoms with Crippen molar-refractivity contribution in [2.24, 2.45) is 0 Å². The van der Waals surface area contributed by atoms with Crippen LogP contribution in [0.4, 0.5) is 5.13 Å². The number of ether oxygens (including phenoxy) is 1. The lowest BCUT2D eigenvalue weighted by Gasteiger charge is -2.22. The van der Waals surface area contributed by atoms with E-state index in [0.717, 1.165) is 21.3 Å². The fraction of sp³-hybridized carbons (Fsp3) is 0.241. The van der Waals surface area contributed by atoms with Crippen molar-refractivity contribution < 1.29 is 19.4 Å². The van der Waals surface area contributed by atoms with E-state index in [2.05, 4.69) is 31.8 Å². The molecule has 188 valence electrons. The van der Waals surface area contributed by atoms with Crippen molar-refractivity contribution in [1.29, 1.82) is 0 Å². The molecule has 0 spiro atoms. The van der Waals surface area contributed by atoms with Crippen LogP contribution in [-0.4, -0.2) is 33.9 Å². The third kappa shape index (κ3) is 4.27. The minimum atomic E-state index is -0.876. The van der Waals surface area contributed by atoms with E-state index in [9.17, 15) is 14.7 Å². The molecule has 0 radical (unpaired) electrons. The van der Waals surface area contributed by atoms with E-state index in [1.165, 1.54) is 16.2 Å². The number of aliphatic hydroxyl groups is 1. The number of pyridine rings is 1. The van der Waals surface area contributed by atoms with Gasteiger partial charge in [-0.05, 0) is 65.4 Å². The van der Waals surface area contributed by atoms with E-state index in [1.54, 1.807) is 49.8 Å². The Balaban J connectivity index is 1.69. The van der Waals surface area contributed by atoms with E-state index < -0.39 is 17.7 Å². The Morgan fingerprint density at radius 3 is 2.54 bits per heavy atom. The Morgan fingerprint density at radius 2 is 1.89 bits per heavy atom. The highest BCUT2D eigenvalue weighted by molar-refractivity contribution is 7.22. The van der Waals surface area contributed by atoms with Crippen LogP contribution in [0.3, 0.4) is 0 Å². The topological polar surface area (TPSA) is 92.6 Å². The first-order valence-electron chi connectivity index (χ1n) is 11.9. The van der Waals surface area contributed by atoms with Crippen LogP contribution < -0.4 is 9.64 Å². The minimum Gasteiger partial charge on any atom is -0.507 e. The number of amides is 1. The first kappa shape index (κ1) is 24.6. The van der Waals surface area contributed by atoms with Crippen molar-refractivity contribution in [2.45, 2.75) is 39.2 Å². The van der Waals surface area contributed by atoms with Gasteiger partial charge in [0.25, 0.3) is 5.78 Å². The number of fused-ring (bicyclic) bond motifs is 1. The summed E-state index contributed by atoms with van der Waals surface area (Å²) in [5, 5.41) is 11.8. The van der Waals surface area contributed by atoms with Crippen LogP contribution in [0, 0.1) is 6.92 Å². The predicted octanol–water partition coefficient (Wildman–Crippen LogP) is 5.93. The maximum absolute atomic E-state index is 13.5. The van der Waals surface area contributed by atoms with E-state index in [4.69, 9.17) is 9.72 Å². The minimum absolute atomic E-state index is 0.00259. The highest BCUT2D eigenvalue weighted by Crippen LogP contribution is 2.44. The number of aromatic nitrogens is 2. The molecule has 5 rings (SSSR count). The number of nitrogens with zero attached hydrogens (tertiary/aromatic N) is 3. The number of methoxy groups -OCH3 is 1. The van der Waals surface area contributed by atoms with Crippen LogP contribution in [0.25, 0.3) is 16.0 Å². The Morgan fingerprint density at radius 1 is 1.11 bits per heavy atom. The number of carbonyl (C=O) groups excluding carboxylic acids is 2. The number of Topliss-reactive ketones (excluding diaryl/α,β-unsaturated/α-hetero) is 1. The van der Waals surface area contributed by atoms with Crippen molar-refractivity contribution in [3.63, 3.8) is 0 Å². The summed E-state index contributed by atoms with van der Waals surface area (Å²) in [5.41, 5.74) is 3.65. The summed E-state index contributed by atoms with van der Waals surface area (Å²) in [6, 6.07) is 13.8. The number of aryl methyl sites for hydroxylation is 1. The molecule has 2 aromatic carbocycles. The molecule has 1 amide bonds. The summed E-state index contributed by atoms with van der Waals surface area (Å²) in [7, 11) is 1.57. The van der Waals surface area contributed by atoms with Crippen LogP contribution in [0.15, 0.2) is 66.5 Å². The normalized spacial score (nSPS) is 17.5. The molecule has 2 aromatic heterocycles. The summed E-state index contributed by atoms with van der Waals surface area (Å²) in [4.78, 5) is 37.2. The summed E-state index contributed by atoms with van der Waals surface area (Å²) in [5.74, 6) is -1.10. The molecule has 0 saturated carbocycles. The Hall–Kier alpha value is -4.04. The Labute approximate surface area is 219 Å². The van der Waals surface area contributed by atoms with Gasteiger partial charge in [-0.1, -0.05) is 44.2 Å². The zero-order chi connectivity index (χ0) is 26.5. The SMILES string of the molecule is COc1ccc(/C(O)=C2\C(=O)C(=O)N(c3nc4ccc(C(C)(C)C)cc4s3)C2c2cccnc2)cc1C. The third-order valence-electron chi connectivity index (χ3n) is 6.56. The van der Waals surface area contributed by atoms with Crippen LogP contribution in [0.5, 0.6) is 5.75 Å². The lowest BCUT2D eigenvalue weighted by Crippen LogP contribution is -2.29. The summed E-state index contributed by atoms with van der Waals surface area (Å²) in [6.07, 6.45) is 3.22. The predicted molar refractivity (Wildman–Crippen MR) is 145 cm³/mol. The van der Waals surface area contributed by atoms with Gasteiger partial charge in [-0.25, -0.2) is 4.98 Å². The highest BCUT2D eigenvalue weighted by Gasteiger charge is 2.48. The van der Waals surface area contributed by atoms with Crippen LogP contribution in [0.2, 0.25) is 0 Å². The fourth-order valence-corrected chi connectivity index (χ4v) is 5.58. The van der Waals surface area contributed by atoms with Gasteiger partial charge in [0.1, 0.15) is 11.5 Å². The van der Waals surface area contributed by atoms with Gasteiger partial charge in [0, 0.05) is 18.0 Å². The van der Waals surface area contributed by atoms with E-state index in [-0.39, 0.29) is 16.7 Å². The second kappa shape index (κ2) is 9.12. The molecule has 1 atom stereocenters.